The van der Waals surface area contributed by atoms with Crippen LogP contribution in [0.2, 0.25) is 0 Å². The van der Waals surface area contributed by atoms with Crippen molar-refractivity contribution in [3.63, 3.8) is 0 Å². The molecule has 7 heteroatoms. The van der Waals surface area contributed by atoms with Gasteiger partial charge in [0.25, 0.3) is 0 Å². The molecule has 6 atom stereocenters. The molecule has 0 spiro atoms. The highest BCUT2D eigenvalue weighted by atomic mass is 16.7. The summed E-state index contributed by atoms with van der Waals surface area (Å²) in [4.78, 5) is 0. The maximum absolute atomic E-state index is 11.4. The monoisotopic (exact) mass is 584 g/mol. The standard InChI is InChI=1S/C36H40O7/c1-38-36-35(42-25-30-20-12-5-13-21-30)34(41-24-29-18-10-4-11-19-29)33(40-23-28-16-8-3-9-17-28)32(43-36)31(37)26-39-22-27-14-6-2-7-15-27/h2-21,31-37H,22-26H2,1H3/t31-,32-,33-,34-,35-,36-/m1/s1. The summed E-state index contributed by atoms with van der Waals surface area (Å²) in [5.41, 5.74) is 4.03. The van der Waals surface area contributed by atoms with Gasteiger partial charge in [-0.15, -0.1) is 0 Å². The lowest BCUT2D eigenvalue weighted by Crippen LogP contribution is -2.63. The Morgan fingerprint density at radius 1 is 0.558 bits per heavy atom. The smallest absolute Gasteiger partial charge is 0.186 e. The van der Waals surface area contributed by atoms with Crippen LogP contribution in [0, 0.1) is 0 Å². The third kappa shape index (κ3) is 9.05. The molecule has 226 valence electrons. The third-order valence-electron chi connectivity index (χ3n) is 7.40. The fraction of sp³-hybridized carbons (Fsp3) is 0.333. The van der Waals surface area contributed by atoms with Crippen molar-refractivity contribution in [2.45, 2.75) is 63.2 Å². The molecule has 0 bridgehead atoms. The van der Waals surface area contributed by atoms with E-state index in [9.17, 15) is 5.11 Å². The predicted molar refractivity (Wildman–Crippen MR) is 163 cm³/mol. The highest BCUT2D eigenvalue weighted by Gasteiger charge is 2.51. The van der Waals surface area contributed by atoms with E-state index in [0.29, 0.717) is 26.4 Å². The summed E-state index contributed by atoms with van der Waals surface area (Å²) in [6.45, 7) is 1.37. The molecule has 0 aromatic heterocycles. The molecule has 1 saturated heterocycles. The van der Waals surface area contributed by atoms with Gasteiger partial charge >= 0.3 is 0 Å². The third-order valence-corrected chi connectivity index (χ3v) is 7.40. The van der Waals surface area contributed by atoms with Gasteiger partial charge in [0.2, 0.25) is 0 Å². The average molecular weight is 585 g/mol. The Bertz CT molecular complexity index is 1310. The first-order chi connectivity index (χ1) is 21.2. The fourth-order valence-electron chi connectivity index (χ4n) is 5.16. The molecule has 0 saturated carbocycles. The van der Waals surface area contributed by atoms with Crippen molar-refractivity contribution in [1.82, 2.24) is 0 Å². The highest BCUT2D eigenvalue weighted by molar-refractivity contribution is 5.16. The van der Waals surface area contributed by atoms with Crippen LogP contribution in [0.3, 0.4) is 0 Å². The SMILES string of the molecule is CO[C@@H]1O[C@H]([C@H](O)COCc2ccccc2)[C@@H](OCc2ccccc2)[C@@H](OCc2ccccc2)[C@H]1OCc1ccccc1. The highest BCUT2D eigenvalue weighted by Crippen LogP contribution is 2.32. The van der Waals surface area contributed by atoms with Crippen molar-refractivity contribution in [1.29, 1.82) is 0 Å². The first-order valence-corrected chi connectivity index (χ1v) is 14.7. The van der Waals surface area contributed by atoms with Gasteiger partial charge < -0.3 is 33.5 Å². The van der Waals surface area contributed by atoms with Crippen LogP contribution >= 0.6 is 0 Å². The van der Waals surface area contributed by atoms with Gasteiger partial charge in [-0.25, -0.2) is 0 Å². The predicted octanol–water partition coefficient (Wildman–Crippen LogP) is 5.69. The van der Waals surface area contributed by atoms with Crippen molar-refractivity contribution in [2.24, 2.45) is 0 Å². The van der Waals surface area contributed by atoms with E-state index in [1.54, 1.807) is 7.11 Å². The van der Waals surface area contributed by atoms with E-state index in [2.05, 4.69) is 0 Å². The minimum atomic E-state index is -1.01. The topological polar surface area (TPSA) is 75.6 Å². The summed E-state index contributed by atoms with van der Waals surface area (Å²) >= 11 is 0. The van der Waals surface area contributed by atoms with Crippen molar-refractivity contribution >= 4 is 0 Å². The average Bonchev–Trinajstić information content (AvgIpc) is 3.07. The van der Waals surface area contributed by atoms with Gasteiger partial charge in [0.05, 0.1) is 33.0 Å². The van der Waals surface area contributed by atoms with E-state index >= 15 is 0 Å². The molecule has 1 heterocycles. The number of benzene rings is 4. The Morgan fingerprint density at radius 2 is 0.953 bits per heavy atom. The van der Waals surface area contributed by atoms with E-state index in [1.807, 2.05) is 121 Å². The Kier molecular flexibility index (Phi) is 11.9. The summed E-state index contributed by atoms with van der Waals surface area (Å²) in [6.07, 6.45) is -4.58. The summed E-state index contributed by atoms with van der Waals surface area (Å²) in [5, 5.41) is 11.4. The van der Waals surface area contributed by atoms with Gasteiger partial charge in [0.1, 0.15) is 30.5 Å². The quantitative estimate of drug-likeness (QED) is 0.192. The van der Waals surface area contributed by atoms with Crippen LogP contribution < -0.4 is 0 Å². The minimum absolute atomic E-state index is 0.0438. The lowest BCUT2D eigenvalue weighted by Gasteiger charge is -2.46. The van der Waals surface area contributed by atoms with Crippen LogP contribution in [-0.2, 0) is 54.8 Å². The van der Waals surface area contributed by atoms with Crippen LogP contribution in [0.15, 0.2) is 121 Å². The molecule has 0 aliphatic carbocycles. The normalized spacial score (nSPS) is 22.7. The van der Waals surface area contributed by atoms with Crippen LogP contribution in [0.4, 0.5) is 0 Å². The first kappa shape index (κ1) is 31.0. The first-order valence-electron chi connectivity index (χ1n) is 14.7. The molecular formula is C36H40O7. The van der Waals surface area contributed by atoms with Crippen molar-refractivity contribution in [2.75, 3.05) is 13.7 Å². The van der Waals surface area contributed by atoms with E-state index in [-0.39, 0.29) is 6.61 Å². The molecule has 1 N–H and O–H groups in total. The van der Waals surface area contributed by atoms with Crippen molar-refractivity contribution in [3.8, 4) is 0 Å². The summed E-state index contributed by atoms with van der Waals surface area (Å²) in [6, 6.07) is 39.6. The molecule has 1 fully saturated rings. The van der Waals surface area contributed by atoms with Crippen LogP contribution in [0.5, 0.6) is 0 Å². The molecule has 0 unspecified atom stereocenters. The molecular weight excluding hydrogens is 544 g/mol. The van der Waals surface area contributed by atoms with Crippen molar-refractivity contribution in [3.05, 3.63) is 144 Å². The van der Waals surface area contributed by atoms with E-state index in [1.165, 1.54) is 0 Å². The molecule has 5 rings (SSSR count). The zero-order chi connectivity index (χ0) is 29.7. The van der Waals surface area contributed by atoms with Crippen LogP contribution in [-0.4, -0.2) is 55.6 Å². The van der Waals surface area contributed by atoms with E-state index < -0.39 is 36.8 Å². The van der Waals surface area contributed by atoms with Gasteiger partial charge in [-0.05, 0) is 22.3 Å². The van der Waals surface area contributed by atoms with E-state index in [4.69, 9.17) is 28.4 Å². The van der Waals surface area contributed by atoms with Gasteiger partial charge in [-0.2, -0.15) is 0 Å². The second-order valence-corrected chi connectivity index (χ2v) is 10.6. The lowest BCUT2D eigenvalue weighted by molar-refractivity contribution is -0.331. The summed E-state index contributed by atoms with van der Waals surface area (Å²) < 4.78 is 37.7. The molecule has 0 amide bonds. The largest absolute Gasteiger partial charge is 0.388 e. The van der Waals surface area contributed by atoms with Gasteiger partial charge in [0, 0.05) is 7.11 Å². The molecule has 4 aromatic carbocycles. The summed E-state index contributed by atoms with van der Waals surface area (Å²) in [5.74, 6) is 0. The Labute approximate surface area is 253 Å². The molecule has 0 radical (unpaired) electrons. The molecule has 4 aromatic rings. The number of aliphatic hydroxyl groups is 1. The van der Waals surface area contributed by atoms with Gasteiger partial charge in [-0.1, -0.05) is 121 Å². The zero-order valence-electron chi connectivity index (χ0n) is 24.4. The van der Waals surface area contributed by atoms with E-state index in [0.717, 1.165) is 22.3 Å². The van der Waals surface area contributed by atoms with Crippen LogP contribution in [0.25, 0.3) is 0 Å². The number of hydrogen-bond donors (Lipinski definition) is 1. The maximum Gasteiger partial charge on any atom is 0.186 e. The summed E-state index contributed by atoms with van der Waals surface area (Å²) in [7, 11) is 1.57. The lowest BCUT2D eigenvalue weighted by atomic mass is 9.94. The van der Waals surface area contributed by atoms with Crippen LogP contribution in [0.1, 0.15) is 22.3 Å². The Morgan fingerprint density at radius 3 is 1.40 bits per heavy atom. The number of hydrogen-bond acceptors (Lipinski definition) is 7. The molecule has 1 aliphatic rings. The van der Waals surface area contributed by atoms with Gasteiger partial charge in [0.15, 0.2) is 6.29 Å². The Balaban J connectivity index is 1.39. The Hall–Kier alpha value is -3.40. The number of ether oxygens (including phenoxy) is 6. The van der Waals surface area contributed by atoms with Gasteiger partial charge in [-0.3, -0.25) is 0 Å². The fourth-order valence-corrected chi connectivity index (χ4v) is 5.16. The second-order valence-electron chi connectivity index (χ2n) is 10.6. The molecule has 7 nitrogen and oxygen atoms in total. The minimum Gasteiger partial charge on any atom is -0.388 e. The number of methoxy groups -OCH3 is 1. The molecule has 43 heavy (non-hydrogen) atoms. The number of rotatable bonds is 15. The second kappa shape index (κ2) is 16.4. The van der Waals surface area contributed by atoms with Crippen molar-refractivity contribution < 1.29 is 33.5 Å². The molecule has 1 aliphatic heterocycles. The number of aliphatic hydroxyl groups excluding tert-OH is 1. The zero-order valence-corrected chi connectivity index (χ0v) is 24.4. The maximum atomic E-state index is 11.4.